The molecule has 0 heterocycles. The van der Waals surface area contributed by atoms with Gasteiger partial charge in [-0.3, -0.25) is 0 Å². The molecule has 0 saturated carbocycles. The summed E-state index contributed by atoms with van der Waals surface area (Å²) in [6.07, 6.45) is 0. The van der Waals surface area contributed by atoms with E-state index in [0.717, 1.165) is 0 Å². The zero-order chi connectivity index (χ0) is 16.3. The third-order valence-corrected chi connectivity index (χ3v) is 9.03. The molecule has 0 atom stereocenters. The average Bonchev–Trinajstić information content (AvgIpc) is 2.33. The highest BCUT2D eigenvalue weighted by atomic mass is 28.3. The first-order chi connectivity index (χ1) is 9.42. The summed E-state index contributed by atoms with van der Waals surface area (Å²) in [5.41, 5.74) is 6.14. The normalized spacial score (nSPS) is 13.6. The molecule has 0 amide bonds. The maximum absolute atomic E-state index is 3.62. The van der Waals surface area contributed by atoms with E-state index in [0.29, 0.717) is 0 Å². The minimum absolute atomic E-state index is 1.27. The van der Waals surface area contributed by atoms with Gasteiger partial charge in [0.1, 0.15) is 16.1 Å². The lowest BCUT2D eigenvalue weighted by molar-refractivity contribution is 1.66. The molecule has 1 aromatic carbocycles. The summed E-state index contributed by atoms with van der Waals surface area (Å²) in [4.78, 5) is 0. The van der Waals surface area contributed by atoms with Gasteiger partial charge < -0.3 is 0 Å². The van der Waals surface area contributed by atoms with Gasteiger partial charge in [-0.2, -0.15) is 0 Å². The lowest BCUT2D eigenvalue weighted by atomic mass is 10.4. The van der Waals surface area contributed by atoms with Crippen LogP contribution in [0.1, 0.15) is 0 Å². The summed E-state index contributed by atoms with van der Waals surface area (Å²) in [6, 6.07) is 11.0. The summed E-state index contributed by atoms with van der Waals surface area (Å²) in [7, 11) is -4.29. The molecule has 21 heavy (non-hydrogen) atoms. The Balaban J connectivity index is 3.37. The van der Waals surface area contributed by atoms with Crippen LogP contribution in [0.25, 0.3) is 0 Å². The van der Waals surface area contributed by atoms with Crippen molar-refractivity contribution in [1.82, 2.24) is 0 Å². The van der Waals surface area contributed by atoms with Crippen LogP contribution in [0.3, 0.4) is 0 Å². The highest BCUT2D eigenvalue weighted by molar-refractivity contribution is 6.98. The Morgan fingerprint density at radius 3 is 1.81 bits per heavy atom. The Bertz CT molecular complexity index is 558. The zero-order valence-corrected chi connectivity index (χ0v) is 18.0. The Hall–Kier alpha value is -0.829. The summed E-state index contributed by atoms with van der Waals surface area (Å²) >= 11 is 0. The molecule has 0 N–H and O–H groups in total. The van der Waals surface area contributed by atoms with E-state index in [-0.39, 0.29) is 0 Å². The number of hydrogen-bond donors (Lipinski definition) is 0. The van der Waals surface area contributed by atoms with Crippen LogP contribution < -0.4 is 5.19 Å². The molecule has 1 aromatic rings. The van der Waals surface area contributed by atoms with Gasteiger partial charge in [-0.15, -0.1) is 5.54 Å². The number of rotatable bonds is 3. The molecular weight excluding hydrogens is 300 g/mol. The van der Waals surface area contributed by atoms with Crippen molar-refractivity contribution in [3.8, 4) is 11.5 Å². The first kappa shape index (κ1) is 18.2. The molecule has 0 aliphatic heterocycles. The molecule has 114 valence electrons. The van der Waals surface area contributed by atoms with Crippen LogP contribution >= 0.6 is 0 Å². The molecule has 0 unspecified atom stereocenters. The topological polar surface area (TPSA) is 0 Å². The Morgan fingerprint density at radius 1 is 0.857 bits per heavy atom. The smallest absolute Gasteiger partial charge is 0.127 e. The van der Waals surface area contributed by atoms with Crippen molar-refractivity contribution in [2.24, 2.45) is 0 Å². The van der Waals surface area contributed by atoms with E-state index in [2.05, 4.69) is 99.9 Å². The second-order valence-electron chi connectivity index (χ2n) is 8.42. The molecule has 0 aliphatic carbocycles. The largest absolute Gasteiger partial charge is 0.129 e. The average molecular weight is 331 g/mol. The molecule has 0 aromatic heterocycles. The Labute approximate surface area is 134 Å². The van der Waals surface area contributed by atoms with E-state index in [1.807, 2.05) is 0 Å². The minimum Gasteiger partial charge on any atom is -0.127 e. The number of benzene rings is 1. The van der Waals surface area contributed by atoms with Gasteiger partial charge in [-0.25, -0.2) is 0 Å². The van der Waals surface area contributed by atoms with Crippen LogP contribution in [0.15, 0.2) is 41.2 Å². The molecule has 0 spiro atoms. The molecule has 0 saturated heterocycles. The van der Waals surface area contributed by atoms with Gasteiger partial charge in [0.2, 0.25) is 0 Å². The van der Waals surface area contributed by atoms with Crippen molar-refractivity contribution in [2.75, 3.05) is 0 Å². The lowest BCUT2D eigenvalue weighted by Crippen LogP contribution is -2.44. The quantitative estimate of drug-likeness (QED) is 0.550. The first-order valence-electron chi connectivity index (χ1n) is 7.74. The van der Waals surface area contributed by atoms with Gasteiger partial charge in [0.05, 0.1) is 8.07 Å². The zero-order valence-electron chi connectivity index (χ0n) is 15.0. The van der Waals surface area contributed by atoms with Crippen molar-refractivity contribution in [3.05, 3.63) is 41.2 Å². The molecule has 0 aliphatic rings. The lowest BCUT2D eigenvalue weighted by Gasteiger charge is -2.26. The van der Waals surface area contributed by atoms with Crippen LogP contribution in [0.2, 0.25) is 52.4 Å². The number of hydrogen-bond acceptors (Lipinski definition) is 0. The fourth-order valence-corrected chi connectivity index (χ4v) is 8.10. The second kappa shape index (κ2) is 6.51. The molecular formula is C18H30Si3. The molecule has 0 bridgehead atoms. The Kier molecular flexibility index (Phi) is 5.65. The fourth-order valence-electron chi connectivity index (χ4n) is 2.07. The molecule has 1 rings (SSSR count). The van der Waals surface area contributed by atoms with Crippen LogP contribution in [0.4, 0.5) is 0 Å². The van der Waals surface area contributed by atoms with Crippen molar-refractivity contribution in [2.45, 2.75) is 52.4 Å². The summed E-state index contributed by atoms with van der Waals surface area (Å²) in [6.45, 7) is 19.0. The van der Waals surface area contributed by atoms with Crippen LogP contribution in [-0.2, 0) is 0 Å². The highest BCUT2D eigenvalue weighted by Crippen LogP contribution is 2.19. The standard InChI is InChI=1S/C18H30Si3/c1-19(2,3)15-14-18(16-20(4,5)6)21(7,8)17-12-10-9-11-13-17/h9-13,16H,1-8H3/b18-16+. The third kappa shape index (κ3) is 6.21. The van der Waals surface area contributed by atoms with Crippen molar-refractivity contribution < 1.29 is 0 Å². The van der Waals surface area contributed by atoms with E-state index in [1.165, 1.54) is 10.4 Å². The SMILES string of the molecule is C[Si](C)(C)C#C/C(=C\[Si](C)(C)C)[Si](C)(C)c1ccccc1. The van der Waals surface area contributed by atoms with Crippen LogP contribution in [0.5, 0.6) is 0 Å². The van der Waals surface area contributed by atoms with Gasteiger partial charge >= 0.3 is 0 Å². The minimum atomic E-state index is -1.67. The van der Waals surface area contributed by atoms with Gasteiger partial charge in [0.25, 0.3) is 0 Å². The fraction of sp³-hybridized carbons (Fsp3) is 0.444. The predicted octanol–water partition coefficient (Wildman–Crippen LogP) is 4.83. The maximum atomic E-state index is 3.62. The van der Waals surface area contributed by atoms with Gasteiger partial charge in [-0.05, 0) is 5.20 Å². The van der Waals surface area contributed by atoms with Gasteiger partial charge in [0.15, 0.2) is 0 Å². The number of allylic oxidation sites excluding steroid dienone is 1. The monoisotopic (exact) mass is 330 g/mol. The summed E-state index contributed by atoms with van der Waals surface area (Å²) < 4.78 is 0. The first-order valence-corrected chi connectivity index (χ1v) is 17.8. The molecule has 0 radical (unpaired) electrons. The van der Waals surface area contributed by atoms with Gasteiger partial charge in [0, 0.05) is 0 Å². The van der Waals surface area contributed by atoms with Crippen molar-refractivity contribution >= 4 is 29.4 Å². The van der Waals surface area contributed by atoms with Crippen LogP contribution in [-0.4, -0.2) is 24.2 Å². The molecule has 0 fully saturated rings. The van der Waals surface area contributed by atoms with Crippen molar-refractivity contribution in [3.63, 3.8) is 0 Å². The predicted molar refractivity (Wildman–Crippen MR) is 106 cm³/mol. The maximum Gasteiger partial charge on any atom is 0.129 e. The summed E-state index contributed by atoms with van der Waals surface area (Å²) in [5.74, 6) is 3.62. The van der Waals surface area contributed by atoms with E-state index in [4.69, 9.17) is 0 Å². The molecule has 3 heteroatoms. The second-order valence-corrected chi connectivity index (χ2v) is 22.6. The van der Waals surface area contributed by atoms with E-state index >= 15 is 0 Å². The van der Waals surface area contributed by atoms with E-state index in [9.17, 15) is 0 Å². The van der Waals surface area contributed by atoms with Crippen LogP contribution in [0, 0.1) is 11.5 Å². The Morgan fingerprint density at radius 2 is 1.38 bits per heavy atom. The third-order valence-electron chi connectivity index (χ3n) is 3.32. The van der Waals surface area contributed by atoms with Crippen molar-refractivity contribution in [1.29, 1.82) is 0 Å². The van der Waals surface area contributed by atoms with Gasteiger partial charge in [-0.1, -0.05) is 99.5 Å². The molecule has 0 nitrogen and oxygen atoms in total. The van der Waals surface area contributed by atoms with E-state index in [1.54, 1.807) is 0 Å². The summed E-state index contributed by atoms with van der Waals surface area (Å²) in [5, 5.41) is 2.93. The highest BCUT2D eigenvalue weighted by Gasteiger charge is 2.29. The van der Waals surface area contributed by atoms with E-state index < -0.39 is 24.2 Å².